The van der Waals surface area contributed by atoms with Crippen LogP contribution in [0, 0.1) is 0 Å². The Kier molecular flexibility index (Phi) is 2.72. The van der Waals surface area contributed by atoms with Crippen LogP contribution in [0.5, 0.6) is 0 Å². The lowest BCUT2D eigenvalue weighted by Gasteiger charge is -2.28. The molecule has 0 amide bonds. The Bertz CT molecular complexity index is 361. The van der Waals surface area contributed by atoms with Crippen molar-refractivity contribution in [3.05, 3.63) is 35.4 Å². The number of benzene rings is 1. The van der Waals surface area contributed by atoms with Crippen LogP contribution in [-0.4, -0.2) is 11.5 Å². The van der Waals surface area contributed by atoms with Crippen molar-refractivity contribution in [3.8, 4) is 0 Å². The molecule has 0 unspecified atom stereocenters. The minimum atomic E-state index is -0.0209. The van der Waals surface area contributed by atoms with Crippen molar-refractivity contribution >= 4 is 11.8 Å². The second-order valence-corrected chi connectivity index (χ2v) is 6.29. The molecule has 2 heteroatoms. The van der Waals surface area contributed by atoms with Crippen LogP contribution < -0.4 is 5.73 Å². The highest BCUT2D eigenvalue weighted by atomic mass is 32.2. The Morgan fingerprint density at radius 3 is 2.19 bits per heavy atom. The first-order valence-electron chi connectivity index (χ1n) is 6.25. The van der Waals surface area contributed by atoms with Crippen LogP contribution in [0.3, 0.4) is 0 Å². The lowest BCUT2D eigenvalue weighted by molar-refractivity contribution is 0.461. The molecule has 16 heavy (non-hydrogen) atoms. The Morgan fingerprint density at radius 1 is 1.06 bits per heavy atom. The standard InChI is InChI=1S/C14H19NS/c15-14(7-1-2-8-14)13-5-3-11(4-6-13)12-9-16-10-12/h3-6,12H,1-2,7-10,15H2. The average molecular weight is 233 g/mol. The molecule has 2 fully saturated rings. The first-order chi connectivity index (χ1) is 7.78. The molecule has 3 rings (SSSR count). The van der Waals surface area contributed by atoms with Crippen molar-refractivity contribution in [3.63, 3.8) is 0 Å². The summed E-state index contributed by atoms with van der Waals surface area (Å²) in [7, 11) is 0. The van der Waals surface area contributed by atoms with Crippen LogP contribution >= 0.6 is 11.8 Å². The summed E-state index contributed by atoms with van der Waals surface area (Å²) >= 11 is 2.04. The van der Waals surface area contributed by atoms with E-state index in [1.54, 1.807) is 0 Å². The van der Waals surface area contributed by atoms with Gasteiger partial charge < -0.3 is 5.73 Å². The van der Waals surface area contributed by atoms with Gasteiger partial charge in [0.25, 0.3) is 0 Å². The summed E-state index contributed by atoms with van der Waals surface area (Å²) in [6.45, 7) is 0. The predicted octanol–water partition coefficient (Wildman–Crippen LogP) is 3.25. The minimum absolute atomic E-state index is 0.0209. The van der Waals surface area contributed by atoms with Crippen LogP contribution in [0.1, 0.15) is 42.7 Å². The fraction of sp³-hybridized carbons (Fsp3) is 0.571. The van der Waals surface area contributed by atoms with Gasteiger partial charge in [-0.15, -0.1) is 0 Å². The van der Waals surface area contributed by atoms with Gasteiger partial charge in [0, 0.05) is 23.0 Å². The summed E-state index contributed by atoms with van der Waals surface area (Å²) in [5.74, 6) is 3.40. The normalized spacial score (nSPS) is 24.3. The molecule has 86 valence electrons. The van der Waals surface area contributed by atoms with Crippen molar-refractivity contribution in [2.24, 2.45) is 5.73 Å². The fourth-order valence-corrected chi connectivity index (χ4v) is 3.67. The smallest absolute Gasteiger partial charge is 0.0409 e. The quantitative estimate of drug-likeness (QED) is 0.848. The molecule has 1 heterocycles. The molecule has 2 N–H and O–H groups in total. The Balaban J connectivity index is 1.81. The number of rotatable bonds is 2. The maximum atomic E-state index is 6.45. The molecule has 1 aromatic rings. The number of hydrogen-bond donors (Lipinski definition) is 1. The second-order valence-electron chi connectivity index (χ2n) is 5.22. The molecule has 1 aromatic carbocycles. The monoisotopic (exact) mass is 233 g/mol. The zero-order chi connectivity index (χ0) is 11.0. The van der Waals surface area contributed by atoms with Gasteiger partial charge in [-0.25, -0.2) is 0 Å². The van der Waals surface area contributed by atoms with E-state index in [0.717, 1.165) is 18.8 Å². The van der Waals surface area contributed by atoms with E-state index in [-0.39, 0.29) is 5.54 Å². The third-order valence-corrected chi connectivity index (χ3v) is 5.37. The SMILES string of the molecule is NC1(c2ccc(C3CSC3)cc2)CCCC1. The van der Waals surface area contributed by atoms with E-state index in [2.05, 4.69) is 24.3 Å². The zero-order valence-electron chi connectivity index (χ0n) is 9.61. The molecule has 0 spiro atoms. The lowest BCUT2D eigenvalue weighted by Crippen LogP contribution is -2.33. The molecule has 1 aliphatic heterocycles. The highest BCUT2D eigenvalue weighted by molar-refractivity contribution is 8.00. The predicted molar refractivity (Wildman–Crippen MR) is 70.8 cm³/mol. The molecule has 0 bridgehead atoms. The molecule has 1 saturated heterocycles. The molecule has 0 radical (unpaired) electrons. The highest BCUT2D eigenvalue weighted by Crippen LogP contribution is 2.38. The summed E-state index contributed by atoms with van der Waals surface area (Å²) in [5.41, 5.74) is 9.28. The summed E-state index contributed by atoms with van der Waals surface area (Å²) < 4.78 is 0. The van der Waals surface area contributed by atoms with E-state index >= 15 is 0 Å². The summed E-state index contributed by atoms with van der Waals surface area (Å²) in [6, 6.07) is 9.13. The van der Waals surface area contributed by atoms with Gasteiger partial charge in [0.05, 0.1) is 0 Å². The van der Waals surface area contributed by atoms with Gasteiger partial charge >= 0.3 is 0 Å². The van der Waals surface area contributed by atoms with Crippen LogP contribution in [-0.2, 0) is 5.54 Å². The van der Waals surface area contributed by atoms with Crippen LogP contribution in [0.25, 0.3) is 0 Å². The molecule has 0 atom stereocenters. The molecule has 1 aliphatic carbocycles. The van der Waals surface area contributed by atoms with E-state index < -0.39 is 0 Å². The van der Waals surface area contributed by atoms with Crippen molar-refractivity contribution < 1.29 is 0 Å². The maximum absolute atomic E-state index is 6.45. The van der Waals surface area contributed by atoms with E-state index in [0.29, 0.717) is 0 Å². The van der Waals surface area contributed by atoms with Gasteiger partial charge in [0.2, 0.25) is 0 Å². The highest BCUT2D eigenvalue weighted by Gasteiger charge is 2.31. The molecule has 2 aliphatic rings. The summed E-state index contributed by atoms with van der Waals surface area (Å²) in [4.78, 5) is 0. The van der Waals surface area contributed by atoms with Crippen molar-refractivity contribution in [2.45, 2.75) is 37.1 Å². The Hall–Kier alpha value is -0.470. The van der Waals surface area contributed by atoms with Gasteiger partial charge in [0.15, 0.2) is 0 Å². The zero-order valence-corrected chi connectivity index (χ0v) is 10.4. The minimum Gasteiger partial charge on any atom is -0.321 e. The third-order valence-electron chi connectivity index (χ3n) is 4.09. The Morgan fingerprint density at radius 2 is 1.69 bits per heavy atom. The van der Waals surface area contributed by atoms with Gasteiger partial charge in [-0.2, -0.15) is 11.8 Å². The van der Waals surface area contributed by atoms with E-state index in [9.17, 15) is 0 Å². The van der Waals surface area contributed by atoms with E-state index in [4.69, 9.17) is 5.73 Å². The average Bonchev–Trinajstić information content (AvgIpc) is 2.65. The summed E-state index contributed by atoms with van der Waals surface area (Å²) in [5, 5.41) is 0. The largest absolute Gasteiger partial charge is 0.321 e. The van der Waals surface area contributed by atoms with Gasteiger partial charge in [-0.3, -0.25) is 0 Å². The first kappa shape index (κ1) is 10.7. The van der Waals surface area contributed by atoms with Crippen molar-refractivity contribution in [1.82, 2.24) is 0 Å². The van der Waals surface area contributed by atoms with Crippen LogP contribution in [0.4, 0.5) is 0 Å². The van der Waals surface area contributed by atoms with Crippen LogP contribution in [0.15, 0.2) is 24.3 Å². The molecule has 1 saturated carbocycles. The third kappa shape index (κ3) is 1.78. The molecule has 0 aromatic heterocycles. The topological polar surface area (TPSA) is 26.0 Å². The first-order valence-corrected chi connectivity index (χ1v) is 7.40. The fourth-order valence-electron chi connectivity index (χ4n) is 2.81. The Labute approximate surface area is 102 Å². The van der Waals surface area contributed by atoms with Gasteiger partial charge in [-0.05, 0) is 24.0 Å². The summed E-state index contributed by atoms with van der Waals surface area (Å²) in [6.07, 6.45) is 4.90. The molecule has 1 nitrogen and oxygen atoms in total. The van der Waals surface area contributed by atoms with Crippen molar-refractivity contribution in [2.75, 3.05) is 11.5 Å². The maximum Gasteiger partial charge on any atom is 0.0409 e. The van der Waals surface area contributed by atoms with Crippen LogP contribution in [0.2, 0.25) is 0 Å². The van der Waals surface area contributed by atoms with E-state index in [1.807, 2.05) is 11.8 Å². The second kappa shape index (κ2) is 4.08. The molecular weight excluding hydrogens is 214 g/mol. The van der Waals surface area contributed by atoms with E-state index in [1.165, 1.54) is 35.5 Å². The van der Waals surface area contributed by atoms with Crippen molar-refractivity contribution in [1.29, 1.82) is 0 Å². The van der Waals surface area contributed by atoms with Gasteiger partial charge in [0.1, 0.15) is 0 Å². The number of thioether (sulfide) groups is 1. The van der Waals surface area contributed by atoms with Gasteiger partial charge in [-0.1, -0.05) is 37.1 Å². The lowest BCUT2D eigenvalue weighted by atomic mass is 9.88. The number of nitrogens with two attached hydrogens (primary N) is 1. The number of hydrogen-bond acceptors (Lipinski definition) is 2. The molecular formula is C14H19NS.